The van der Waals surface area contributed by atoms with E-state index < -0.39 is 0 Å². The molecule has 0 amide bonds. The zero-order valence-corrected chi connectivity index (χ0v) is 13.4. The molecule has 4 heteroatoms. The average Bonchev–Trinajstić information content (AvgIpc) is 2.83. The molecule has 2 aromatic rings. The van der Waals surface area contributed by atoms with E-state index in [0.29, 0.717) is 5.56 Å². The third-order valence-corrected chi connectivity index (χ3v) is 4.29. The SMILES string of the molecule is CCC(C)(C)N(C)c1c(C=O)c(C)nn1-c1ccccc1. The summed E-state index contributed by atoms with van der Waals surface area (Å²) < 4.78 is 1.86. The number of hydrogen-bond donors (Lipinski definition) is 0. The number of benzene rings is 1. The van der Waals surface area contributed by atoms with Crippen LogP contribution in [0.15, 0.2) is 30.3 Å². The Morgan fingerprint density at radius 3 is 2.43 bits per heavy atom. The summed E-state index contributed by atoms with van der Waals surface area (Å²) in [4.78, 5) is 13.7. The van der Waals surface area contributed by atoms with E-state index in [1.54, 1.807) is 0 Å². The smallest absolute Gasteiger partial charge is 0.155 e. The van der Waals surface area contributed by atoms with E-state index in [9.17, 15) is 4.79 Å². The largest absolute Gasteiger partial charge is 0.354 e. The van der Waals surface area contributed by atoms with Gasteiger partial charge in [-0.1, -0.05) is 25.1 Å². The topological polar surface area (TPSA) is 38.1 Å². The highest BCUT2D eigenvalue weighted by Gasteiger charge is 2.28. The molecule has 0 aliphatic carbocycles. The summed E-state index contributed by atoms with van der Waals surface area (Å²) in [6.07, 6.45) is 1.88. The van der Waals surface area contributed by atoms with Crippen LogP contribution in [0.2, 0.25) is 0 Å². The Kier molecular flexibility index (Phi) is 4.16. The van der Waals surface area contributed by atoms with Crippen LogP contribution in [-0.2, 0) is 0 Å². The first-order valence-corrected chi connectivity index (χ1v) is 7.26. The van der Waals surface area contributed by atoms with Crippen LogP contribution < -0.4 is 4.90 Å². The Morgan fingerprint density at radius 1 is 1.29 bits per heavy atom. The monoisotopic (exact) mass is 285 g/mol. The first kappa shape index (κ1) is 15.3. The lowest BCUT2D eigenvalue weighted by molar-refractivity contribution is 0.112. The van der Waals surface area contributed by atoms with Crippen LogP contribution in [0.3, 0.4) is 0 Å². The van der Waals surface area contributed by atoms with Gasteiger partial charge in [-0.15, -0.1) is 0 Å². The Hall–Kier alpha value is -2.10. The fourth-order valence-corrected chi connectivity index (χ4v) is 2.26. The van der Waals surface area contributed by atoms with Gasteiger partial charge in [-0.3, -0.25) is 4.79 Å². The van der Waals surface area contributed by atoms with Crippen molar-refractivity contribution in [3.05, 3.63) is 41.6 Å². The van der Waals surface area contributed by atoms with Crippen molar-refractivity contribution >= 4 is 12.1 Å². The van der Waals surface area contributed by atoms with Gasteiger partial charge in [0, 0.05) is 12.6 Å². The van der Waals surface area contributed by atoms with E-state index >= 15 is 0 Å². The normalized spacial score (nSPS) is 11.5. The molecule has 0 spiro atoms. The van der Waals surface area contributed by atoms with E-state index in [-0.39, 0.29) is 5.54 Å². The molecule has 21 heavy (non-hydrogen) atoms. The molecule has 1 aromatic heterocycles. The third kappa shape index (κ3) is 2.71. The number of para-hydroxylation sites is 1. The van der Waals surface area contributed by atoms with Gasteiger partial charge in [0.2, 0.25) is 0 Å². The van der Waals surface area contributed by atoms with Crippen LogP contribution in [-0.4, -0.2) is 28.7 Å². The highest BCUT2D eigenvalue weighted by atomic mass is 16.1. The number of hydrogen-bond acceptors (Lipinski definition) is 3. The number of aldehydes is 1. The van der Waals surface area contributed by atoms with E-state index in [1.807, 2.05) is 49.0 Å². The van der Waals surface area contributed by atoms with Gasteiger partial charge >= 0.3 is 0 Å². The molecule has 4 nitrogen and oxygen atoms in total. The van der Waals surface area contributed by atoms with Crippen LogP contribution in [0.4, 0.5) is 5.82 Å². The number of carbonyl (C=O) groups is 1. The minimum atomic E-state index is -0.0588. The van der Waals surface area contributed by atoms with Crippen molar-refractivity contribution < 1.29 is 4.79 Å². The molecule has 0 fully saturated rings. The molecular formula is C17H23N3O. The van der Waals surface area contributed by atoms with Crippen molar-refractivity contribution in [3.63, 3.8) is 0 Å². The van der Waals surface area contributed by atoms with Gasteiger partial charge in [0.05, 0.1) is 16.9 Å². The molecule has 0 N–H and O–H groups in total. The summed E-state index contributed by atoms with van der Waals surface area (Å²) in [6, 6.07) is 9.91. The summed E-state index contributed by atoms with van der Waals surface area (Å²) in [6.45, 7) is 8.35. The van der Waals surface area contributed by atoms with Crippen molar-refractivity contribution in [2.45, 2.75) is 39.7 Å². The standard InChI is InChI=1S/C17H23N3O/c1-6-17(3,4)19(5)16-15(12-21)13(2)18-20(16)14-10-8-7-9-11-14/h7-12H,6H2,1-5H3. The van der Waals surface area contributed by atoms with E-state index in [2.05, 4.69) is 30.8 Å². The first-order chi connectivity index (χ1) is 9.92. The molecular weight excluding hydrogens is 262 g/mol. The van der Waals surface area contributed by atoms with Crippen LogP contribution in [0.25, 0.3) is 5.69 Å². The molecule has 112 valence electrons. The fraction of sp³-hybridized carbons (Fsp3) is 0.412. The Balaban J connectivity index is 2.66. The van der Waals surface area contributed by atoms with Crippen LogP contribution >= 0.6 is 0 Å². The summed E-state index contributed by atoms with van der Waals surface area (Å²) in [5, 5.41) is 4.56. The number of carbonyl (C=O) groups excluding carboxylic acids is 1. The minimum Gasteiger partial charge on any atom is -0.354 e. The Bertz CT molecular complexity index is 629. The predicted octanol–water partition coefficient (Wildman–Crippen LogP) is 3.62. The van der Waals surface area contributed by atoms with Crippen molar-refractivity contribution in [3.8, 4) is 5.69 Å². The summed E-state index contributed by atoms with van der Waals surface area (Å²) in [7, 11) is 2.02. The second-order valence-corrected chi connectivity index (χ2v) is 5.91. The molecule has 0 radical (unpaired) electrons. The number of nitrogens with zero attached hydrogens (tertiary/aromatic N) is 3. The zero-order valence-electron chi connectivity index (χ0n) is 13.4. The average molecular weight is 285 g/mol. The molecule has 2 rings (SSSR count). The number of aryl methyl sites for hydroxylation is 1. The van der Waals surface area contributed by atoms with Gasteiger partial charge in [0.25, 0.3) is 0 Å². The molecule has 0 bridgehead atoms. The van der Waals surface area contributed by atoms with E-state index in [1.165, 1.54) is 0 Å². The maximum absolute atomic E-state index is 11.5. The lowest BCUT2D eigenvalue weighted by Crippen LogP contribution is -2.42. The molecule has 0 unspecified atom stereocenters. The lowest BCUT2D eigenvalue weighted by atomic mass is 9.99. The highest BCUT2D eigenvalue weighted by molar-refractivity contribution is 5.85. The van der Waals surface area contributed by atoms with Crippen molar-refractivity contribution in [2.24, 2.45) is 0 Å². The summed E-state index contributed by atoms with van der Waals surface area (Å²) in [5.74, 6) is 0.848. The van der Waals surface area contributed by atoms with Crippen LogP contribution in [0.1, 0.15) is 43.2 Å². The zero-order chi connectivity index (χ0) is 15.6. The number of rotatable bonds is 5. The lowest BCUT2D eigenvalue weighted by Gasteiger charge is -2.37. The number of anilines is 1. The Labute approximate surface area is 126 Å². The van der Waals surface area contributed by atoms with E-state index in [4.69, 9.17) is 0 Å². The van der Waals surface area contributed by atoms with Gasteiger partial charge in [-0.2, -0.15) is 5.10 Å². The second-order valence-electron chi connectivity index (χ2n) is 5.91. The Morgan fingerprint density at radius 2 is 1.90 bits per heavy atom. The van der Waals surface area contributed by atoms with Gasteiger partial charge in [0.15, 0.2) is 6.29 Å². The van der Waals surface area contributed by atoms with Gasteiger partial charge in [0.1, 0.15) is 5.82 Å². The number of aromatic nitrogens is 2. The summed E-state index contributed by atoms with van der Waals surface area (Å²) >= 11 is 0. The van der Waals surface area contributed by atoms with Gasteiger partial charge < -0.3 is 4.90 Å². The predicted molar refractivity (Wildman–Crippen MR) is 86.5 cm³/mol. The molecule has 0 aliphatic rings. The molecule has 0 saturated heterocycles. The quantitative estimate of drug-likeness (QED) is 0.788. The highest BCUT2D eigenvalue weighted by Crippen LogP contribution is 2.31. The third-order valence-electron chi connectivity index (χ3n) is 4.29. The van der Waals surface area contributed by atoms with Gasteiger partial charge in [-0.25, -0.2) is 4.68 Å². The van der Waals surface area contributed by atoms with Crippen molar-refractivity contribution in [1.29, 1.82) is 0 Å². The first-order valence-electron chi connectivity index (χ1n) is 7.26. The maximum atomic E-state index is 11.5. The van der Waals surface area contributed by atoms with Crippen molar-refractivity contribution in [1.82, 2.24) is 9.78 Å². The maximum Gasteiger partial charge on any atom is 0.155 e. The molecule has 0 saturated carbocycles. The minimum absolute atomic E-state index is 0.0588. The molecule has 1 aromatic carbocycles. The van der Waals surface area contributed by atoms with Crippen LogP contribution in [0.5, 0.6) is 0 Å². The van der Waals surface area contributed by atoms with Crippen LogP contribution in [0, 0.1) is 6.92 Å². The van der Waals surface area contributed by atoms with Gasteiger partial charge in [-0.05, 0) is 39.3 Å². The molecule has 1 heterocycles. The van der Waals surface area contributed by atoms with E-state index in [0.717, 1.165) is 29.9 Å². The summed E-state index contributed by atoms with van der Waals surface area (Å²) in [5.41, 5.74) is 2.31. The van der Waals surface area contributed by atoms with Crippen molar-refractivity contribution in [2.75, 3.05) is 11.9 Å². The fourth-order valence-electron chi connectivity index (χ4n) is 2.26. The molecule has 0 atom stereocenters. The second kappa shape index (κ2) is 5.72. The molecule has 0 aliphatic heterocycles.